The van der Waals surface area contributed by atoms with Gasteiger partial charge in [-0.15, -0.1) is 0 Å². The standard InChI is InChI=1S/C11H16INO3/c1-15-10-6-8(7-13-3-4-14)5-9(12)11(10)16-2/h5-6,13-14H,3-4,7H2,1-2H3/p+1. The molecule has 0 saturated carbocycles. The zero-order valence-corrected chi connectivity index (χ0v) is 11.7. The molecule has 0 aromatic heterocycles. The van der Waals surface area contributed by atoms with E-state index >= 15 is 0 Å². The van der Waals surface area contributed by atoms with Gasteiger partial charge in [-0.25, -0.2) is 0 Å². The minimum Gasteiger partial charge on any atom is -0.493 e. The molecule has 0 spiro atoms. The Morgan fingerprint density at radius 3 is 2.62 bits per heavy atom. The Balaban J connectivity index is 2.83. The zero-order valence-electron chi connectivity index (χ0n) is 9.50. The second-order valence-electron chi connectivity index (χ2n) is 3.32. The third kappa shape index (κ3) is 3.50. The molecular weight excluding hydrogens is 321 g/mol. The van der Waals surface area contributed by atoms with E-state index in [9.17, 15) is 0 Å². The summed E-state index contributed by atoms with van der Waals surface area (Å²) < 4.78 is 11.6. The van der Waals surface area contributed by atoms with Crippen LogP contribution < -0.4 is 14.8 Å². The van der Waals surface area contributed by atoms with Crippen LogP contribution in [0.25, 0.3) is 0 Å². The number of aliphatic hydroxyl groups excluding tert-OH is 1. The van der Waals surface area contributed by atoms with E-state index in [1.807, 2.05) is 6.07 Å². The molecule has 0 fully saturated rings. The maximum Gasteiger partial charge on any atom is 0.174 e. The van der Waals surface area contributed by atoms with Crippen molar-refractivity contribution in [3.8, 4) is 11.5 Å². The van der Waals surface area contributed by atoms with Crippen molar-refractivity contribution in [2.24, 2.45) is 0 Å². The highest BCUT2D eigenvalue weighted by Gasteiger charge is 2.10. The first-order valence-corrected chi connectivity index (χ1v) is 6.13. The molecule has 5 heteroatoms. The van der Waals surface area contributed by atoms with Crippen LogP contribution in [0.15, 0.2) is 12.1 Å². The first kappa shape index (κ1) is 13.5. The van der Waals surface area contributed by atoms with E-state index in [1.54, 1.807) is 14.2 Å². The van der Waals surface area contributed by atoms with E-state index in [0.29, 0.717) is 6.54 Å². The topological polar surface area (TPSA) is 55.3 Å². The molecule has 1 rings (SSSR count). The molecule has 0 aliphatic carbocycles. The second-order valence-corrected chi connectivity index (χ2v) is 4.48. The van der Waals surface area contributed by atoms with E-state index in [0.717, 1.165) is 27.2 Å². The van der Waals surface area contributed by atoms with Crippen LogP contribution in [0.3, 0.4) is 0 Å². The maximum absolute atomic E-state index is 8.70. The summed E-state index contributed by atoms with van der Waals surface area (Å²) in [4.78, 5) is 0. The van der Waals surface area contributed by atoms with E-state index in [2.05, 4.69) is 34.0 Å². The third-order valence-corrected chi connectivity index (χ3v) is 3.01. The summed E-state index contributed by atoms with van der Waals surface area (Å²) in [7, 11) is 3.27. The first-order chi connectivity index (χ1) is 7.72. The number of hydrogen-bond donors (Lipinski definition) is 2. The Bertz CT molecular complexity index is 344. The third-order valence-electron chi connectivity index (χ3n) is 2.21. The molecule has 0 bridgehead atoms. The summed E-state index contributed by atoms with van der Waals surface area (Å²) in [6.07, 6.45) is 0. The van der Waals surface area contributed by atoms with Crippen molar-refractivity contribution in [2.75, 3.05) is 27.4 Å². The Hall–Kier alpha value is -0.530. The van der Waals surface area contributed by atoms with Gasteiger partial charge >= 0.3 is 0 Å². The SMILES string of the molecule is COc1cc(C[NH2+]CCO)cc(I)c1OC. The van der Waals surface area contributed by atoms with Gasteiger partial charge in [0.15, 0.2) is 11.5 Å². The Morgan fingerprint density at radius 1 is 1.31 bits per heavy atom. The van der Waals surface area contributed by atoms with Crippen molar-refractivity contribution in [3.63, 3.8) is 0 Å². The van der Waals surface area contributed by atoms with Crippen LogP contribution in [0.4, 0.5) is 0 Å². The van der Waals surface area contributed by atoms with Gasteiger partial charge in [-0.3, -0.25) is 0 Å². The highest BCUT2D eigenvalue weighted by molar-refractivity contribution is 14.1. The highest BCUT2D eigenvalue weighted by Crippen LogP contribution is 2.33. The smallest absolute Gasteiger partial charge is 0.174 e. The molecule has 0 amide bonds. The molecule has 4 nitrogen and oxygen atoms in total. The lowest BCUT2D eigenvalue weighted by atomic mass is 10.2. The van der Waals surface area contributed by atoms with Gasteiger partial charge in [-0.1, -0.05) is 0 Å². The largest absolute Gasteiger partial charge is 0.493 e. The highest BCUT2D eigenvalue weighted by atomic mass is 127. The predicted molar refractivity (Wildman–Crippen MR) is 69.8 cm³/mol. The molecule has 0 radical (unpaired) electrons. The summed E-state index contributed by atoms with van der Waals surface area (Å²) in [6.45, 7) is 1.74. The summed E-state index contributed by atoms with van der Waals surface area (Å²) in [5.41, 5.74) is 1.16. The average molecular weight is 338 g/mol. The lowest BCUT2D eigenvalue weighted by molar-refractivity contribution is -0.671. The number of nitrogens with two attached hydrogens (primary N) is 1. The number of benzene rings is 1. The fraction of sp³-hybridized carbons (Fsp3) is 0.455. The lowest BCUT2D eigenvalue weighted by Gasteiger charge is -2.11. The molecule has 3 N–H and O–H groups in total. The van der Waals surface area contributed by atoms with Crippen LogP contribution in [0.2, 0.25) is 0 Å². The van der Waals surface area contributed by atoms with Gasteiger partial charge in [-0.2, -0.15) is 0 Å². The van der Waals surface area contributed by atoms with Gasteiger partial charge in [0.2, 0.25) is 0 Å². The van der Waals surface area contributed by atoms with Crippen molar-refractivity contribution in [1.29, 1.82) is 0 Å². The summed E-state index contributed by atoms with van der Waals surface area (Å²) >= 11 is 2.23. The van der Waals surface area contributed by atoms with Crippen LogP contribution in [0, 0.1) is 3.57 Å². The van der Waals surface area contributed by atoms with Gasteiger partial charge in [-0.05, 0) is 34.7 Å². The number of aliphatic hydroxyl groups is 1. The number of ether oxygens (including phenoxy) is 2. The van der Waals surface area contributed by atoms with Crippen molar-refractivity contribution in [1.82, 2.24) is 0 Å². The number of quaternary nitrogens is 1. The van der Waals surface area contributed by atoms with Crippen LogP contribution in [0.1, 0.15) is 5.56 Å². The molecule has 0 aliphatic heterocycles. The monoisotopic (exact) mass is 338 g/mol. The maximum atomic E-state index is 8.70. The zero-order chi connectivity index (χ0) is 12.0. The van der Waals surface area contributed by atoms with E-state index in [-0.39, 0.29) is 6.61 Å². The Morgan fingerprint density at radius 2 is 2.06 bits per heavy atom. The van der Waals surface area contributed by atoms with Crippen LogP contribution >= 0.6 is 22.6 Å². The van der Waals surface area contributed by atoms with Crippen molar-refractivity contribution < 1.29 is 19.9 Å². The molecule has 0 unspecified atom stereocenters. The molecule has 0 saturated heterocycles. The molecule has 16 heavy (non-hydrogen) atoms. The van der Waals surface area contributed by atoms with Gasteiger partial charge in [0.25, 0.3) is 0 Å². The summed E-state index contributed by atoms with van der Waals surface area (Å²) in [6, 6.07) is 4.03. The quantitative estimate of drug-likeness (QED) is 0.582. The van der Waals surface area contributed by atoms with Gasteiger partial charge < -0.3 is 19.9 Å². The van der Waals surface area contributed by atoms with Crippen molar-refractivity contribution >= 4 is 22.6 Å². The van der Waals surface area contributed by atoms with Gasteiger partial charge in [0, 0.05) is 5.56 Å². The fourth-order valence-electron chi connectivity index (χ4n) is 1.45. The second kappa shape index (κ2) is 6.93. The molecule has 1 aromatic carbocycles. The average Bonchev–Trinajstić information content (AvgIpc) is 2.28. The number of hydrogen-bond acceptors (Lipinski definition) is 3. The van der Waals surface area contributed by atoms with Crippen LogP contribution in [-0.2, 0) is 6.54 Å². The molecular formula is C11H17INO3+. The van der Waals surface area contributed by atoms with Crippen LogP contribution in [-0.4, -0.2) is 32.5 Å². The molecule has 1 aromatic rings. The molecule has 90 valence electrons. The number of methoxy groups -OCH3 is 2. The fourth-order valence-corrected chi connectivity index (χ4v) is 2.34. The number of halogens is 1. The van der Waals surface area contributed by atoms with Gasteiger partial charge in [0.05, 0.1) is 30.9 Å². The van der Waals surface area contributed by atoms with E-state index < -0.39 is 0 Å². The Labute approximate surface area is 109 Å². The Kier molecular flexibility index (Phi) is 5.86. The normalized spacial score (nSPS) is 10.2. The van der Waals surface area contributed by atoms with Crippen molar-refractivity contribution in [2.45, 2.75) is 6.54 Å². The lowest BCUT2D eigenvalue weighted by Crippen LogP contribution is -2.83. The molecule has 0 atom stereocenters. The van der Waals surface area contributed by atoms with E-state index in [4.69, 9.17) is 14.6 Å². The number of rotatable bonds is 6. The summed E-state index contributed by atoms with van der Waals surface area (Å²) in [5, 5.41) is 10.8. The first-order valence-electron chi connectivity index (χ1n) is 5.05. The molecule has 0 aliphatic rings. The predicted octanol–water partition coefficient (Wildman–Crippen LogP) is 0.364. The van der Waals surface area contributed by atoms with Gasteiger partial charge in [0.1, 0.15) is 6.54 Å². The van der Waals surface area contributed by atoms with E-state index in [1.165, 1.54) is 0 Å². The van der Waals surface area contributed by atoms with Crippen LogP contribution in [0.5, 0.6) is 11.5 Å². The molecule has 0 heterocycles. The van der Waals surface area contributed by atoms with Crippen molar-refractivity contribution in [3.05, 3.63) is 21.3 Å². The summed E-state index contributed by atoms with van der Waals surface area (Å²) in [5.74, 6) is 1.52. The minimum absolute atomic E-state index is 0.199. The minimum atomic E-state index is 0.199.